The fourth-order valence-corrected chi connectivity index (χ4v) is 4.45. The molecule has 0 saturated heterocycles. The summed E-state index contributed by atoms with van der Waals surface area (Å²) in [4.78, 5) is 17.6. The first-order chi connectivity index (χ1) is 15.7. The number of amides is 1. The summed E-state index contributed by atoms with van der Waals surface area (Å²) in [5, 5.41) is 4.92. The number of para-hydroxylation sites is 2. The molecule has 0 bridgehead atoms. The van der Waals surface area contributed by atoms with Gasteiger partial charge in [-0.3, -0.25) is 4.79 Å². The molecule has 2 aromatic heterocycles. The SMILES string of the molecule is Cc1cccc(OCCn2c(CCCCCNC(=O)c3cccs3)nc3ccccc32)c1. The van der Waals surface area contributed by atoms with E-state index < -0.39 is 0 Å². The Kier molecular flexibility index (Phi) is 7.56. The van der Waals surface area contributed by atoms with Crippen LogP contribution in [0.2, 0.25) is 0 Å². The van der Waals surface area contributed by atoms with Gasteiger partial charge in [0.15, 0.2) is 0 Å². The van der Waals surface area contributed by atoms with E-state index in [4.69, 9.17) is 9.72 Å². The van der Waals surface area contributed by atoms with Crippen molar-refractivity contribution >= 4 is 28.3 Å². The maximum Gasteiger partial charge on any atom is 0.261 e. The Morgan fingerprint density at radius 2 is 1.97 bits per heavy atom. The van der Waals surface area contributed by atoms with Crippen LogP contribution in [0.15, 0.2) is 66.0 Å². The fraction of sp³-hybridized carbons (Fsp3) is 0.308. The quantitative estimate of drug-likeness (QED) is 0.303. The number of rotatable bonds is 11. The number of ether oxygens (including phenoxy) is 1. The minimum absolute atomic E-state index is 0.0235. The van der Waals surface area contributed by atoms with E-state index in [-0.39, 0.29) is 5.91 Å². The molecule has 0 saturated carbocycles. The lowest BCUT2D eigenvalue weighted by molar-refractivity contribution is 0.0957. The molecule has 2 heterocycles. The molecule has 0 aliphatic carbocycles. The Bertz CT molecular complexity index is 1150. The van der Waals surface area contributed by atoms with E-state index in [1.807, 2.05) is 35.7 Å². The number of thiophene rings is 1. The van der Waals surface area contributed by atoms with Crippen LogP contribution in [0.25, 0.3) is 11.0 Å². The average Bonchev–Trinajstić information content (AvgIpc) is 3.45. The van der Waals surface area contributed by atoms with Crippen molar-refractivity contribution < 1.29 is 9.53 Å². The summed E-state index contributed by atoms with van der Waals surface area (Å²) in [7, 11) is 0. The second-order valence-electron chi connectivity index (χ2n) is 7.88. The number of benzene rings is 2. The zero-order chi connectivity index (χ0) is 22.2. The summed E-state index contributed by atoms with van der Waals surface area (Å²) in [5.41, 5.74) is 3.38. The molecule has 0 aliphatic rings. The van der Waals surface area contributed by atoms with Crippen LogP contribution in [0.3, 0.4) is 0 Å². The smallest absolute Gasteiger partial charge is 0.261 e. The van der Waals surface area contributed by atoms with Crippen molar-refractivity contribution in [1.29, 1.82) is 0 Å². The number of hydrogen-bond acceptors (Lipinski definition) is 4. The molecule has 1 N–H and O–H groups in total. The predicted octanol–water partition coefficient (Wildman–Crippen LogP) is 5.63. The Morgan fingerprint density at radius 3 is 2.81 bits per heavy atom. The second kappa shape index (κ2) is 11.0. The largest absolute Gasteiger partial charge is 0.492 e. The van der Waals surface area contributed by atoms with E-state index >= 15 is 0 Å². The van der Waals surface area contributed by atoms with Crippen molar-refractivity contribution in [3.63, 3.8) is 0 Å². The highest BCUT2D eigenvalue weighted by Crippen LogP contribution is 2.19. The molecule has 0 unspecified atom stereocenters. The second-order valence-corrected chi connectivity index (χ2v) is 8.82. The maximum atomic E-state index is 12.0. The van der Waals surface area contributed by atoms with E-state index in [1.54, 1.807) is 0 Å². The number of carbonyl (C=O) groups is 1. The van der Waals surface area contributed by atoms with Crippen molar-refractivity contribution in [2.45, 2.75) is 39.2 Å². The molecular formula is C26H29N3O2S. The lowest BCUT2D eigenvalue weighted by Crippen LogP contribution is -2.23. The minimum Gasteiger partial charge on any atom is -0.492 e. The number of imidazole rings is 1. The molecule has 166 valence electrons. The predicted molar refractivity (Wildman–Crippen MR) is 131 cm³/mol. The van der Waals surface area contributed by atoms with Gasteiger partial charge in [0.05, 0.1) is 22.5 Å². The van der Waals surface area contributed by atoms with E-state index in [0.717, 1.165) is 59.7 Å². The number of fused-ring (bicyclic) bond motifs is 1. The number of hydrogen-bond donors (Lipinski definition) is 1. The van der Waals surface area contributed by atoms with Crippen LogP contribution in [0, 0.1) is 6.92 Å². The van der Waals surface area contributed by atoms with Crippen molar-refractivity contribution in [2.24, 2.45) is 0 Å². The van der Waals surface area contributed by atoms with Gasteiger partial charge >= 0.3 is 0 Å². The first-order valence-electron chi connectivity index (χ1n) is 11.2. The number of aromatic nitrogens is 2. The van der Waals surface area contributed by atoms with Gasteiger partial charge in [0, 0.05) is 13.0 Å². The zero-order valence-electron chi connectivity index (χ0n) is 18.4. The van der Waals surface area contributed by atoms with Crippen LogP contribution >= 0.6 is 11.3 Å². The Labute approximate surface area is 193 Å². The first kappa shape index (κ1) is 22.1. The van der Waals surface area contributed by atoms with E-state index in [1.165, 1.54) is 16.9 Å². The summed E-state index contributed by atoms with van der Waals surface area (Å²) in [5.74, 6) is 2.03. The van der Waals surface area contributed by atoms with Crippen molar-refractivity contribution in [1.82, 2.24) is 14.9 Å². The van der Waals surface area contributed by atoms with E-state index in [9.17, 15) is 4.79 Å². The number of carbonyl (C=O) groups excluding carboxylic acids is 1. The zero-order valence-corrected chi connectivity index (χ0v) is 19.2. The van der Waals surface area contributed by atoms with E-state index in [2.05, 4.69) is 47.1 Å². The third-order valence-electron chi connectivity index (χ3n) is 5.41. The van der Waals surface area contributed by atoms with Crippen LogP contribution in [-0.4, -0.2) is 28.6 Å². The van der Waals surface area contributed by atoms with Crippen molar-refractivity contribution in [3.8, 4) is 5.75 Å². The minimum atomic E-state index is 0.0235. The van der Waals surface area contributed by atoms with Crippen LogP contribution < -0.4 is 10.1 Å². The number of nitrogens with one attached hydrogen (secondary N) is 1. The van der Waals surface area contributed by atoms with Crippen LogP contribution in [0.4, 0.5) is 0 Å². The summed E-state index contributed by atoms with van der Waals surface area (Å²) in [6.07, 6.45) is 3.97. The Balaban J connectivity index is 1.28. The monoisotopic (exact) mass is 447 g/mol. The van der Waals surface area contributed by atoms with Crippen LogP contribution in [0.1, 0.15) is 40.3 Å². The van der Waals surface area contributed by atoms with Gasteiger partial charge in [0.2, 0.25) is 0 Å². The van der Waals surface area contributed by atoms with Crippen molar-refractivity contribution in [3.05, 3.63) is 82.3 Å². The van der Waals surface area contributed by atoms with Gasteiger partial charge in [-0.25, -0.2) is 4.98 Å². The highest BCUT2D eigenvalue weighted by Gasteiger charge is 2.11. The summed E-state index contributed by atoms with van der Waals surface area (Å²) in [6, 6.07) is 20.2. The van der Waals surface area contributed by atoms with Crippen LogP contribution in [-0.2, 0) is 13.0 Å². The summed E-state index contributed by atoms with van der Waals surface area (Å²) >= 11 is 1.47. The van der Waals surface area contributed by atoms with Gasteiger partial charge in [-0.05, 0) is 61.0 Å². The van der Waals surface area contributed by atoms with Gasteiger partial charge in [-0.15, -0.1) is 11.3 Å². The summed E-state index contributed by atoms with van der Waals surface area (Å²) < 4.78 is 8.27. The first-order valence-corrected chi connectivity index (χ1v) is 12.0. The average molecular weight is 448 g/mol. The van der Waals surface area contributed by atoms with Gasteiger partial charge in [0.25, 0.3) is 5.91 Å². The topological polar surface area (TPSA) is 56.1 Å². The molecule has 0 atom stereocenters. The van der Waals surface area contributed by atoms with Gasteiger partial charge in [-0.1, -0.05) is 36.8 Å². The third kappa shape index (κ3) is 5.77. The lowest BCUT2D eigenvalue weighted by atomic mass is 10.2. The Morgan fingerprint density at radius 1 is 1.06 bits per heavy atom. The Hall–Kier alpha value is -3.12. The molecule has 0 spiro atoms. The lowest BCUT2D eigenvalue weighted by Gasteiger charge is -2.11. The molecule has 32 heavy (non-hydrogen) atoms. The highest BCUT2D eigenvalue weighted by atomic mass is 32.1. The molecule has 6 heteroatoms. The number of unbranched alkanes of at least 4 members (excludes halogenated alkanes) is 2. The van der Waals surface area contributed by atoms with Crippen molar-refractivity contribution in [2.75, 3.05) is 13.2 Å². The fourth-order valence-electron chi connectivity index (χ4n) is 3.81. The third-order valence-corrected chi connectivity index (χ3v) is 6.28. The number of nitrogens with zero attached hydrogens (tertiary/aromatic N) is 2. The molecule has 0 fully saturated rings. The van der Waals surface area contributed by atoms with Crippen LogP contribution in [0.5, 0.6) is 5.75 Å². The normalized spacial score (nSPS) is 11.0. The standard InChI is InChI=1S/C26H29N3O2S/c1-20-9-7-10-21(19-20)31-17-16-29-23-12-5-4-11-22(23)28-25(29)14-3-2-6-15-27-26(30)24-13-8-18-32-24/h4-5,7-13,18-19H,2-3,6,14-17H2,1H3,(H,27,30). The molecule has 4 aromatic rings. The van der Waals surface area contributed by atoms with Gasteiger partial charge in [0.1, 0.15) is 18.2 Å². The number of aryl methyl sites for hydroxylation is 2. The van der Waals surface area contributed by atoms with E-state index in [0.29, 0.717) is 13.2 Å². The molecule has 5 nitrogen and oxygen atoms in total. The molecule has 1 amide bonds. The maximum absolute atomic E-state index is 12.0. The van der Waals surface area contributed by atoms with Gasteiger partial charge < -0.3 is 14.6 Å². The summed E-state index contributed by atoms with van der Waals surface area (Å²) in [6.45, 7) is 4.14. The molecular weight excluding hydrogens is 418 g/mol. The van der Waals surface area contributed by atoms with Gasteiger partial charge in [-0.2, -0.15) is 0 Å². The molecule has 0 aliphatic heterocycles. The highest BCUT2D eigenvalue weighted by molar-refractivity contribution is 7.12. The molecule has 2 aromatic carbocycles. The molecule has 4 rings (SSSR count). The molecule has 0 radical (unpaired) electrons.